The molecule has 0 aliphatic carbocycles. The van der Waals surface area contributed by atoms with Gasteiger partial charge in [-0.3, -0.25) is 0 Å². The first-order chi connectivity index (χ1) is 6.72. The number of nitriles is 1. The molecule has 1 aliphatic heterocycles. The molecule has 2 nitrogen and oxygen atoms in total. The highest BCUT2D eigenvalue weighted by Gasteiger charge is 2.22. The average Bonchev–Trinajstić information content (AvgIpc) is 2.17. The van der Waals surface area contributed by atoms with Gasteiger partial charge < -0.3 is 4.90 Å². The van der Waals surface area contributed by atoms with Crippen LogP contribution < -0.4 is 4.90 Å². The molecule has 1 unspecified atom stereocenters. The first-order valence-corrected chi connectivity index (χ1v) is 4.91. The fraction of sp³-hybridized carbons (Fsp3) is 0.417. The fourth-order valence-electron chi connectivity index (χ4n) is 2.27. The number of anilines is 1. The Labute approximate surface area is 84.8 Å². The van der Waals surface area contributed by atoms with Gasteiger partial charge in [-0.25, -0.2) is 0 Å². The van der Waals surface area contributed by atoms with Gasteiger partial charge in [0, 0.05) is 19.3 Å². The van der Waals surface area contributed by atoms with Crippen LogP contribution in [-0.4, -0.2) is 13.6 Å². The van der Waals surface area contributed by atoms with E-state index >= 15 is 0 Å². The second-order valence-corrected chi connectivity index (χ2v) is 3.99. The normalized spacial score (nSPS) is 20.1. The van der Waals surface area contributed by atoms with Crippen molar-refractivity contribution in [3.8, 4) is 6.07 Å². The summed E-state index contributed by atoms with van der Waals surface area (Å²) in [5.74, 6) is 0.147. The Morgan fingerprint density at radius 2 is 2.29 bits per heavy atom. The lowest BCUT2D eigenvalue weighted by molar-refractivity contribution is 0.618. The summed E-state index contributed by atoms with van der Waals surface area (Å²) in [5.41, 5.74) is 3.94. The van der Waals surface area contributed by atoms with Crippen molar-refractivity contribution in [2.24, 2.45) is 5.92 Å². The van der Waals surface area contributed by atoms with E-state index in [1.54, 1.807) is 0 Å². The lowest BCUT2D eigenvalue weighted by atomic mass is 9.92. The van der Waals surface area contributed by atoms with Gasteiger partial charge in [0.05, 0.1) is 12.0 Å². The first kappa shape index (κ1) is 9.08. The predicted molar refractivity (Wildman–Crippen MR) is 57.3 cm³/mol. The summed E-state index contributed by atoms with van der Waals surface area (Å²) >= 11 is 0. The van der Waals surface area contributed by atoms with Gasteiger partial charge in [0.1, 0.15) is 0 Å². The number of nitrogens with zero attached hydrogens (tertiary/aromatic N) is 2. The van der Waals surface area contributed by atoms with Crippen LogP contribution in [-0.2, 0) is 6.42 Å². The van der Waals surface area contributed by atoms with Crippen LogP contribution in [0.4, 0.5) is 5.69 Å². The quantitative estimate of drug-likeness (QED) is 0.620. The Bertz CT molecular complexity index is 390. The van der Waals surface area contributed by atoms with Crippen LogP contribution in [0.2, 0.25) is 0 Å². The van der Waals surface area contributed by atoms with Crippen molar-refractivity contribution in [1.29, 1.82) is 5.26 Å². The summed E-state index contributed by atoms with van der Waals surface area (Å²) in [7, 11) is 2.06. The van der Waals surface area contributed by atoms with Crippen LogP contribution in [0.25, 0.3) is 0 Å². The zero-order valence-electron chi connectivity index (χ0n) is 8.62. The molecule has 1 atom stereocenters. The predicted octanol–water partition coefficient (Wildman–Crippen LogP) is 2.13. The lowest BCUT2D eigenvalue weighted by Gasteiger charge is -2.31. The fourth-order valence-corrected chi connectivity index (χ4v) is 2.27. The van der Waals surface area contributed by atoms with Crippen LogP contribution in [0.15, 0.2) is 18.2 Å². The summed E-state index contributed by atoms with van der Waals surface area (Å²) in [6, 6.07) is 8.68. The summed E-state index contributed by atoms with van der Waals surface area (Å²) in [4.78, 5) is 2.20. The van der Waals surface area contributed by atoms with Crippen molar-refractivity contribution in [3.05, 3.63) is 29.3 Å². The van der Waals surface area contributed by atoms with E-state index in [-0.39, 0.29) is 5.92 Å². The molecule has 1 aliphatic rings. The third-order valence-corrected chi connectivity index (χ3v) is 2.85. The van der Waals surface area contributed by atoms with E-state index in [1.165, 1.54) is 16.8 Å². The smallest absolute Gasteiger partial charge is 0.0679 e. The summed E-state index contributed by atoms with van der Waals surface area (Å²) in [5, 5.41) is 8.93. The molecule has 0 amide bonds. The van der Waals surface area contributed by atoms with Crippen LogP contribution in [0.5, 0.6) is 0 Å². The summed E-state index contributed by atoms with van der Waals surface area (Å²) in [6.45, 7) is 2.98. The van der Waals surface area contributed by atoms with Crippen molar-refractivity contribution in [3.63, 3.8) is 0 Å². The molecule has 0 spiro atoms. The maximum Gasteiger partial charge on any atom is 0.0679 e. The van der Waals surface area contributed by atoms with Gasteiger partial charge in [0.15, 0.2) is 0 Å². The Balaban J connectivity index is 2.46. The number of hydrogen-bond donors (Lipinski definition) is 0. The van der Waals surface area contributed by atoms with E-state index in [1.807, 2.05) is 0 Å². The SMILES string of the molecule is Cc1cccc2c1N(C)CC(C#N)C2. The molecule has 1 aromatic carbocycles. The Hall–Kier alpha value is -1.49. The molecular formula is C12H14N2. The number of aryl methyl sites for hydroxylation is 1. The van der Waals surface area contributed by atoms with Crippen molar-refractivity contribution >= 4 is 5.69 Å². The minimum atomic E-state index is 0.147. The van der Waals surface area contributed by atoms with E-state index in [0.29, 0.717) is 0 Å². The van der Waals surface area contributed by atoms with Crippen molar-refractivity contribution in [1.82, 2.24) is 0 Å². The van der Waals surface area contributed by atoms with Crippen molar-refractivity contribution < 1.29 is 0 Å². The number of rotatable bonds is 0. The molecule has 0 saturated carbocycles. The second-order valence-electron chi connectivity index (χ2n) is 3.99. The standard InChI is InChI=1S/C12H14N2/c1-9-4-3-5-11-6-10(7-13)8-14(2)12(9)11/h3-5,10H,6,8H2,1-2H3. The maximum absolute atomic E-state index is 8.93. The largest absolute Gasteiger partial charge is 0.373 e. The molecule has 0 radical (unpaired) electrons. The van der Waals surface area contributed by atoms with E-state index in [4.69, 9.17) is 5.26 Å². The van der Waals surface area contributed by atoms with Crippen LogP contribution in [0.1, 0.15) is 11.1 Å². The minimum Gasteiger partial charge on any atom is -0.373 e. The summed E-state index contributed by atoms with van der Waals surface area (Å²) < 4.78 is 0. The van der Waals surface area contributed by atoms with Crippen molar-refractivity contribution in [2.45, 2.75) is 13.3 Å². The molecule has 1 aromatic rings. The van der Waals surface area contributed by atoms with Gasteiger partial charge in [-0.1, -0.05) is 18.2 Å². The Kier molecular flexibility index (Phi) is 2.17. The molecule has 2 heteroatoms. The summed E-state index contributed by atoms with van der Waals surface area (Å²) in [6.07, 6.45) is 0.901. The molecule has 0 N–H and O–H groups in total. The van der Waals surface area contributed by atoms with Crippen molar-refractivity contribution in [2.75, 3.05) is 18.5 Å². The Morgan fingerprint density at radius 3 is 3.00 bits per heavy atom. The van der Waals surface area contributed by atoms with Gasteiger partial charge in [-0.05, 0) is 24.5 Å². The van der Waals surface area contributed by atoms with E-state index < -0.39 is 0 Å². The average molecular weight is 186 g/mol. The topological polar surface area (TPSA) is 27.0 Å². The first-order valence-electron chi connectivity index (χ1n) is 4.91. The van der Waals surface area contributed by atoms with Crippen LogP contribution >= 0.6 is 0 Å². The number of para-hydroxylation sites is 1. The lowest BCUT2D eigenvalue weighted by Crippen LogP contribution is -2.32. The zero-order valence-corrected chi connectivity index (χ0v) is 8.62. The molecule has 72 valence electrons. The van der Waals surface area contributed by atoms with E-state index in [2.05, 4.69) is 43.1 Å². The van der Waals surface area contributed by atoms with Gasteiger partial charge in [0.2, 0.25) is 0 Å². The monoisotopic (exact) mass is 186 g/mol. The highest BCUT2D eigenvalue weighted by Crippen LogP contribution is 2.31. The minimum absolute atomic E-state index is 0.147. The molecule has 0 saturated heterocycles. The molecule has 0 aromatic heterocycles. The van der Waals surface area contributed by atoms with Gasteiger partial charge in [-0.15, -0.1) is 0 Å². The van der Waals surface area contributed by atoms with Gasteiger partial charge >= 0.3 is 0 Å². The highest BCUT2D eigenvalue weighted by molar-refractivity contribution is 5.60. The highest BCUT2D eigenvalue weighted by atomic mass is 15.1. The number of benzene rings is 1. The van der Waals surface area contributed by atoms with Gasteiger partial charge in [0.25, 0.3) is 0 Å². The zero-order chi connectivity index (χ0) is 10.1. The van der Waals surface area contributed by atoms with E-state index in [0.717, 1.165) is 13.0 Å². The number of fused-ring (bicyclic) bond motifs is 1. The number of hydrogen-bond acceptors (Lipinski definition) is 2. The third-order valence-electron chi connectivity index (χ3n) is 2.85. The van der Waals surface area contributed by atoms with E-state index in [9.17, 15) is 0 Å². The Morgan fingerprint density at radius 1 is 1.50 bits per heavy atom. The molecular weight excluding hydrogens is 172 g/mol. The molecule has 14 heavy (non-hydrogen) atoms. The van der Waals surface area contributed by atoms with Gasteiger partial charge in [-0.2, -0.15) is 5.26 Å². The molecule has 1 heterocycles. The van der Waals surface area contributed by atoms with Crippen LogP contribution in [0.3, 0.4) is 0 Å². The molecule has 0 bridgehead atoms. The third kappa shape index (κ3) is 1.35. The van der Waals surface area contributed by atoms with Crippen LogP contribution in [0, 0.1) is 24.2 Å². The second kappa shape index (κ2) is 3.34. The molecule has 2 rings (SSSR count). The maximum atomic E-state index is 8.93. The molecule has 0 fully saturated rings.